The van der Waals surface area contributed by atoms with Gasteiger partial charge in [-0.05, 0) is 44.4 Å². The standard InChI is InChI=1S/C16H25N3/c1-18(14-6-3-2-4-7-14)16(13-17)9-11-19-10-5-8-15(19)12-16/h2-4,6-7,15H,5,8-13,17H2,1H3. The van der Waals surface area contributed by atoms with Gasteiger partial charge in [0.15, 0.2) is 0 Å². The lowest BCUT2D eigenvalue weighted by molar-refractivity contribution is 0.131. The Labute approximate surface area is 116 Å². The van der Waals surface area contributed by atoms with Crippen molar-refractivity contribution in [1.82, 2.24) is 4.90 Å². The van der Waals surface area contributed by atoms with E-state index in [1.165, 1.54) is 44.5 Å². The molecule has 19 heavy (non-hydrogen) atoms. The molecule has 0 aliphatic carbocycles. The van der Waals surface area contributed by atoms with Crippen molar-refractivity contribution < 1.29 is 0 Å². The van der Waals surface area contributed by atoms with Crippen molar-refractivity contribution in [2.24, 2.45) is 5.73 Å². The summed E-state index contributed by atoms with van der Waals surface area (Å²) in [6, 6.07) is 11.4. The molecule has 3 rings (SSSR count). The number of anilines is 1. The summed E-state index contributed by atoms with van der Waals surface area (Å²) in [5, 5.41) is 0. The monoisotopic (exact) mass is 259 g/mol. The molecule has 2 aliphatic rings. The minimum Gasteiger partial charge on any atom is -0.368 e. The first-order valence-electron chi connectivity index (χ1n) is 7.48. The molecule has 3 nitrogen and oxygen atoms in total. The molecule has 2 heterocycles. The summed E-state index contributed by atoms with van der Waals surface area (Å²) in [7, 11) is 2.22. The van der Waals surface area contributed by atoms with Gasteiger partial charge in [0, 0.05) is 31.9 Å². The summed E-state index contributed by atoms with van der Waals surface area (Å²) < 4.78 is 0. The van der Waals surface area contributed by atoms with Crippen molar-refractivity contribution in [3.63, 3.8) is 0 Å². The predicted molar refractivity (Wildman–Crippen MR) is 80.5 cm³/mol. The van der Waals surface area contributed by atoms with Crippen LogP contribution in [0.4, 0.5) is 5.69 Å². The van der Waals surface area contributed by atoms with Crippen LogP contribution in [-0.4, -0.2) is 43.2 Å². The number of para-hydroxylation sites is 1. The maximum absolute atomic E-state index is 6.20. The van der Waals surface area contributed by atoms with Crippen LogP contribution in [0.15, 0.2) is 30.3 Å². The van der Waals surface area contributed by atoms with E-state index in [1.807, 2.05) is 0 Å². The highest BCUT2D eigenvalue weighted by Gasteiger charge is 2.43. The van der Waals surface area contributed by atoms with E-state index in [1.54, 1.807) is 0 Å². The number of nitrogens with two attached hydrogens (primary N) is 1. The lowest BCUT2D eigenvalue weighted by Gasteiger charge is -2.49. The Hall–Kier alpha value is -1.06. The van der Waals surface area contributed by atoms with Crippen molar-refractivity contribution in [3.05, 3.63) is 30.3 Å². The van der Waals surface area contributed by atoms with Crippen molar-refractivity contribution >= 4 is 5.69 Å². The van der Waals surface area contributed by atoms with Gasteiger partial charge in [0.1, 0.15) is 0 Å². The number of benzene rings is 1. The Morgan fingerprint density at radius 1 is 1.32 bits per heavy atom. The normalized spacial score (nSPS) is 31.2. The van der Waals surface area contributed by atoms with Gasteiger partial charge in [0.2, 0.25) is 0 Å². The van der Waals surface area contributed by atoms with E-state index in [0.29, 0.717) is 0 Å². The zero-order valence-electron chi connectivity index (χ0n) is 11.9. The lowest BCUT2D eigenvalue weighted by atomic mass is 9.81. The van der Waals surface area contributed by atoms with Gasteiger partial charge in [-0.15, -0.1) is 0 Å². The zero-order chi connectivity index (χ0) is 13.3. The van der Waals surface area contributed by atoms with Crippen LogP contribution in [0, 0.1) is 0 Å². The maximum Gasteiger partial charge on any atom is 0.0548 e. The van der Waals surface area contributed by atoms with Crippen molar-refractivity contribution in [2.75, 3.05) is 31.6 Å². The topological polar surface area (TPSA) is 32.5 Å². The SMILES string of the molecule is CN(c1ccccc1)C1(CN)CCN2CCCC2C1. The van der Waals surface area contributed by atoms with Gasteiger partial charge in [0.05, 0.1) is 5.54 Å². The highest BCUT2D eigenvalue weighted by Crippen LogP contribution is 2.37. The Morgan fingerprint density at radius 3 is 2.84 bits per heavy atom. The molecule has 104 valence electrons. The molecule has 2 atom stereocenters. The molecule has 2 saturated heterocycles. The molecule has 0 bridgehead atoms. The van der Waals surface area contributed by atoms with Crippen LogP contribution in [0.3, 0.4) is 0 Å². The van der Waals surface area contributed by atoms with Crippen LogP contribution < -0.4 is 10.6 Å². The average molecular weight is 259 g/mol. The molecule has 0 saturated carbocycles. The molecular formula is C16H25N3. The van der Waals surface area contributed by atoms with Crippen LogP contribution in [-0.2, 0) is 0 Å². The molecule has 0 radical (unpaired) electrons. The van der Waals surface area contributed by atoms with Gasteiger partial charge >= 0.3 is 0 Å². The zero-order valence-corrected chi connectivity index (χ0v) is 11.9. The van der Waals surface area contributed by atoms with Gasteiger partial charge < -0.3 is 15.5 Å². The van der Waals surface area contributed by atoms with Crippen LogP contribution in [0.25, 0.3) is 0 Å². The molecule has 2 N–H and O–H groups in total. The molecule has 0 aromatic heterocycles. The van der Waals surface area contributed by atoms with E-state index in [-0.39, 0.29) is 5.54 Å². The van der Waals surface area contributed by atoms with Crippen molar-refractivity contribution in [2.45, 2.75) is 37.3 Å². The van der Waals surface area contributed by atoms with Crippen LogP contribution in [0.1, 0.15) is 25.7 Å². The summed E-state index contributed by atoms with van der Waals surface area (Å²) in [6.07, 6.45) is 5.12. The van der Waals surface area contributed by atoms with Crippen LogP contribution in [0.5, 0.6) is 0 Å². The second-order valence-electron chi connectivity index (χ2n) is 6.11. The first-order chi connectivity index (χ1) is 9.25. The molecule has 2 aliphatic heterocycles. The highest BCUT2D eigenvalue weighted by atomic mass is 15.3. The Bertz CT molecular complexity index is 419. The number of hydrogen-bond acceptors (Lipinski definition) is 3. The third-order valence-electron chi connectivity index (χ3n) is 5.21. The minimum absolute atomic E-state index is 0.146. The Morgan fingerprint density at radius 2 is 2.11 bits per heavy atom. The fourth-order valence-electron chi connectivity index (χ4n) is 3.87. The lowest BCUT2D eigenvalue weighted by Crippen LogP contribution is -2.60. The summed E-state index contributed by atoms with van der Waals surface area (Å²) in [5.41, 5.74) is 7.64. The first kappa shape index (κ1) is 12.9. The number of rotatable bonds is 3. The van der Waals surface area contributed by atoms with E-state index in [0.717, 1.165) is 12.6 Å². The quantitative estimate of drug-likeness (QED) is 0.902. The van der Waals surface area contributed by atoms with E-state index in [9.17, 15) is 0 Å². The Kier molecular flexibility index (Phi) is 3.50. The second kappa shape index (κ2) is 5.14. The third-order valence-corrected chi connectivity index (χ3v) is 5.21. The van der Waals surface area contributed by atoms with Gasteiger partial charge in [-0.3, -0.25) is 0 Å². The number of fused-ring (bicyclic) bond motifs is 1. The van der Waals surface area contributed by atoms with Gasteiger partial charge in [-0.25, -0.2) is 0 Å². The molecule has 1 aromatic rings. The van der Waals surface area contributed by atoms with E-state index in [4.69, 9.17) is 5.73 Å². The smallest absolute Gasteiger partial charge is 0.0548 e. The third kappa shape index (κ3) is 2.26. The minimum atomic E-state index is 0.146. The van der Waals surface area contributed by atoms with E-state index < -0.39 is 0 Å². The van der Waals surface area contributed by atoms with Crippen molar-refractivity contribution in [3.8, 4) is 0 Å². The van der Waals surface area contributed by atoms with Crippen LogP contribution in [0.2, 0.25) is 0 Å². The average Bonchev–Trinajstić information content (AvgIpc) is 2.94. The highest BCUT2D eigenvalue weighted by molar-refractivity contribution is 5.48. The number of hydrogen-bond donors (Lipinski definition) is 1. The maximum atomic E-state index is 6.20. The number of nitrogens with zero attached hydrogens (tertiary/aromatic N) is 2. The van der Waals surface area contributed by atoms with Crippen molar-refractivity contribution in [1.29, 1.82) is 0 Å². The first-order valence-corrected chi connectivity index (χ1v) is 7.48. The molecule has 2 unspecified atom stereocenters. The van der Waals surface area contributed by atoms with E-state index >= 15 is 0 Å². The molecule has 1 aromatic carbocycles. The summed E-state index contributed by atoms with van der Waals surface area (Å²) in [4.78, 5) is 5.09. The summed E-state index contributed by atoms with van der Waals surface area (Å²) in [5.74, 6) is 0. The van der Waals surface area contributed by atoms with E-state index in [2.05, 4.69) is 47.2 Å². The molecular weight excluding hydrogens is 234 g/mol. The summed E-state index contributed by atoms with van der Waals surface area (Å²) >= 11 is 0. The number of likely N-dealkylation sites (N-methyl/N-ethyl adjacent to an activating group) is 1. The largest absolute Gasteiger partial charge is 0.368 e. The Balaban J connectivity index is 1.83. The predicted octanol–water partition coefficient (Wildman–Crippen LogP) is 2.08. The van der Waals surface area contributed by atoms with Gasteiger partial charge in [-0.2, -0.15) is 0 Å². The summed E-state index contributed by atoms with van der Waals surface area (Å²) in [6.45, 7) is 3.25. The van der Waals surface area contributed by atoms with Gasteiger partial charge in [-0.1, -0.05) is 18.2 Å². The fraction of sp³-hybridized carbons (Fsp3) is 0.625. The molecule has 2 fully saturated rings. The molecule has 0 amide bonds. The van der Waals surface area contributed by atoms with Crippen LogP contribution >= 0.6 is 0 Å². The second-order valence-corrected chi connectivity index (χ2v) is 6.11. The fourth-order valence-corrected chi connectivity index (χ4v) is 3.87. The molecule has 0 spiro atoms. The molecule has 3 heteroatoms. The van der Waals surface area contributed by atoms with Gasteiger partial charge in [0.25, 0.3) is 0 Å². The number of piperidine rings is 1.